The maximum absolute atomic E-state index is 11.9. The Hall–Kier alpha value is -1.25. The molecule has 1 aromatic carbocycles. The lowest BCUT2D eigenvalue weighted by Crippen LogP contribution is -2.14. The van der Waals surface area contributed by atoms with E-state index in [4.69, 9.17) is 39.2 Å². The molecule has 0 aliphatic rings. The number of rotatable bonds is 5. The number of carbonyl (C=O) groups excluding carboxylic acids is 1. The summed E-state index contributed by atoms with van der Waals surface area (Å²) in [6, 6.07) is 8.85. The summed E-state index contributed by atoms with van der Waals surface area (Å²) < 4.78 is 6.34. The normalized spacial score (nSPS) is 10.8. The Morgan fingerprint density at radius 3 is 2.62 bits per heavy atom. The number of benzene rings is 1. The largest absolute Gasteiger partial charge is 0.403 e. The van der Waals surface area contributed by atoms with Crippen LogP contribution in [-0.4, -0.2) is 21.9 Å². The third kappa shape index (κ3) is 4.43. The third-order valence-electron chi connectivity index (χ3n) is 2.74. The predicted molar refractivity (Wildman–Crippen MR) is 98.4 cm³/mol. The number of anilines is 1. The van der Waals surface area contributed by atoms with Crippen molar-refractivity contribution >= 4 is 69.8 Å². The van der Waals surface area contributed by atoms with Crippen molar-refractivity contribution in [3.63, 3.8) is 0 Å². The van der Waals surface area contributed by atoms with Crippen molar-refractivity contribution < 1.29 is 9.21 Å². The fraction of sp³-hybridized carbons (Fsp3) is 0.0714. The Kier molecular flexibility index (Phi) is 5.68. The maximum Gasteiger partial charge on any atom is 0.322 e. The van der Waals surface area contributed by atoms with E-state index in [1.54, 1.807) is 18.2 Å². The van der Waals surface area contributed by atoms with Gasteiger partial charge in [0.1, 0.15) is 4.34 Å². The third-order valence-corrected chi connectivity index (χ3v) is 5.49. The van der Waals surface area contributed by atoms with Gasteiger partial charge in [-0.3, -0.25) is 10.1 Å². The Morgan fingerprint density at radius 2 is 1.96 bits per heavy atom. The average Bonchev–Trinajstić information content (AvgIpc) is 3.12. The predicted octanol–water partition coefficient (Wildman–Crippen LogP) is 5.49. The topological polar surface area (TPSA) is 68.0 Å². The summed E-state index contributed by atoms with van der Waals surface area (Å²) in [7, 11) is 0. The van der Waals surface area contributed by atoms with Crippen LogP contribution in [0.5, 0.6) is 0 Å². The fourth-order valence-corrected chi connectivity index (χ4v) is 3.98. The number of hydrogen-bond donors (Lipinski definition) is 1. The van der Waals surface area contributed by atoms with Gasteiger partial charge in [-0.25, -0.2) is 0 Å². The summed E-state index contributed by atoms with van der Waals surface area (Å²) in [5.41, 5.74) is 0.537. The molecule has 0 aliphatic heterocycles. The van der Waals surface area contributed by atoms with Crippen LogP contribution in [0, 0.1) is 0 Å². The molecule has 0 atom stereocenters. The fourth-order valence-electron chi connectivity index (χ4n) is 1.70. The maximum atomic E-state index is 11.9. The second-order valence-electron chi connectivity index (χ2n) is 4.44. The summed E-state index contributed by atoms with van der Waals surface area (Å²) in [6.07, 6.45) is 0. The number of thioether (sulfide) groups is 1. The molecule has 2 aromatic heterocycles. The molecule has 3 aromatic rings. The first kappa shape index (κ1) is 17.6. The van der Waals surface area contributed by atoms with E-state index in [1.807, 2.05) is 12.1 Å². The number of amides is 1. The van der Waals surface area contributed by atoms with E-state index in [0.29, 0.717) is 19.3 Å². The summed E-state index contributed by atoms with van der Waals surface area (Å²) in [5, 5.41) is 10.8. The molecule has 124 valence electrons. The van der Waals surface area contributed by atoms with Gasteiger partial charge in [-0.15, -0.1) is 28.2 Å². The van der Waals surface area contributed by atoms with Crippen molar-refractivity contribution in [2.45, 2.75) is 4.90 Å². The van der Waals surface area contributed by atoms with Crippen molar-refractivity contribution in [3.8, 4) is 11.5 Å². The van der Waals surface area contributed by atoms with Gasteiger partial charge in [0, 0.05) is 9.92 Å². The van der Waals surface area contributed by atoms with E-state index in [0.717, 1.165) is 4.90 Å². The van der Waals surface area contributed by atoms with Crippen molar-refractivity contribution in [1.29, 1.82) is 0 Å². The second-order valence-corrected chi connectivity index (χ2v) is 8.21. The van der Waals surface area contributed by atoms with Crippen LogP contribution in [0.4, 0.5) is 6.01 Å². The van der Waals surface area contributed by atoms with E-state index in [9.17, 15) is 4.79 Å². The molecule has 10 heteroatoms. The van der Waals surface area contributed by atoms with Gasteiger partial charge in [0.2, 0.25) is 5.91 Å². The monoisotopic (exact) mass is 419 g/mol. The smallest absolute Gasteiger partial charge is 0.322 e. The van der Waals surface area contributed by atoms with Crippen LogP contribution in [0.15, 0.2) is 39.6 Å². The van der Waals surface area contributed by atoms with Crippen LogP contribution in [-0.2, 0) is 4.79 Å². The molecule has 1 N–H and O–H groups in total. The number of nitrogens with one attached hydrogen (secondary N) is 1. The van der Waals surface area contributed by atoms with Crippen LogP contribution in [0.1, 0.15) is 0 Å². The average molecular weight is 421 g/mol. The highest BCUT2D eigenvalue weighted by Crippen LogP contribution is 2.37. The minimum absolute atomic E-state index is 0.00472. The zero-order valence-electron chi connectivity index (χ0n) is 11.8. The molecular formula is C14H8Cl3N3O2S2. The van der Waals surface area contributed by atoms with Crippen LogP contribution in [0.25, 0.3) is 11.5 Å². The number of carbonyl (C=O) groups is 1. The minimum atomic E-state index is -0.264. The molecule has 2 heterocycles. The lowest BCUT2D eigenvalue weighted by Gasteiger charge is -2.01. The molecule has 0 unspecified atom stereocenters. The van der Waals surface area contributed by atoms with E-state index in [2.05, 4.69) is 15.5 Å². The first-order valence-electron chi connectivity index (χ1n) is 6.48. The SMILES string of the molecule is O=C(CSc1ccc(Cl)cc1)Nc1nnc(-c2cc(Cl)sc2Cl)o1. The van der Waals surface area contributed by atoms with Crippen LogP contribution < -0.4 is 5.32 Å². The van der Waals surface area contributed by atoms with Crippen molar-refractivity contribution in [3.05, 3.63) is 44.0 Å². The Bertz CT molecular complexity index is 865. The van der Waals surface area contributed by atoms with E-state index >= 15 is 0 Å². The van der Waals surface area contributed by atoms with Gasteiger partial charge in [0.15, 0.2) is 0 Å². The Morgan fingerprint density at radius 1 is 1.21 bits per heavy atom. The minimum Gasteiger partial charge on any atom is -0.403 e. The Balaban J connectivity index is 1.59. The number of aromatic nitrogens is 2. The molecule has 1 amide bonds. The van der Waals surface area contributed by atoms with Crippen molar-refractivity contribution in [2.24, 2.45) is 0 Å². The number of halogens is 3. The lowest BCUT2D eigenvalue weighted by molar-refractivity contribution is -0.113. The zero-order valence-corrected chi connectivity index (χ0v) is 15.7. The van der Waals surface area contributed by atoms with Crippen LogP contribution in [0.2, 0.25) is 13.7 Å². The van der Waals surface area contributed by atoms with E-state index in [-0.39, 0.29) is 23.6 Å². The van der Waals surface area contributed by atoms with Gasteiger partial charge in [-0.05, 0) is 30.3 Å². The van der Waals surface area contributed by atoms with E-state index in [1.165, 1.54) is 23.1 Å². The molecule has 0 bridgehead atoms. The Labute approximate surface area is 160 Å². The van der Waals surface area contributed by atoms with Crippen LogP contribution >= 0.6 is 57.9 Å². The van der Waals surface area contributed by atoms with Crippen molar-refractivity contribution in [1.82, 2.24) is 10.2 Å². The molecule has 5 nitrogen and oxygen atoms in total. The van der Waals surface area contributed by atoms with Gasteiger partial charge in [-0.2, -0.15) is 0 Å². The quantitative estimate of drug-likeness (QED) is 0.553. The van der Waals surface area contributed by atoms with Gasteiger partial charge in [0.05, 0.1) is 15.7 Å². The molecule has 0 spiro atoms. The summed E-state index contributed by atoms with van der Waals surface area (Å²) in [4.78, 5) is 12.9. The van der Waals surface area contributed by atoms with Gasteiger partial charge < -0.3 is 4.42 Å². The van der Waals surface area contributed by atoms with Gasteiger partial charge in [-0.1, -0.05) is 39.9 Å². The highest BCUT2D eigenvalue weighted by atomic mass is 35.5. The summed E-state index contributed by atoms with van der Waals surface area (Å²) in [6.45, 7) is 0. The lowest BCUT2D eigenvalue weighted by atomic mass is 10.3. The molecule has 0 saturated carbocycles. The van der Waals surface area contributed by atoms with Gasteiger partial charge in [0.25, 0.3) is 5.89 Å². The molecule has 3 rings (SSSR count). The first-order valence-corrected chi connectivity index (χ1v) is 9.42. The van der Waals surface area contributed by atoms with Gasteiger partial charge >= 0.3 is 6.01 Å². The number of thiophene rings is 1. The first-order chi connectivity index (χ1) is 11.5. The molecule has 0 saturated heterocycles. The van der Waals surface area contributed by atoms with E-state index < -0.39 is 0 Å². The highest BCUT2D eigenvalue weighted by Gasteiger charge is 2.16. The molecule has 0 fully saturated rings. The zero-order chi connectivity index (χ0) is 17.1. The number of hydrogen-bond acceptors (Lipinski definition) is 6. The van der Waals surface area contributed by atoms with Crippen LogP contribution in [0.3, 0.4) is 0 Å². The molecule has 0 radical (unpaired) electrons. The van der Waals surface area contributed by atoms with Crippen molar-refractivity contribution in [2.75, 3.05) is 11.1 Å². The summed E-state index contributed by atoms with van der Waals surface area (Å²) in [5.74, 6) is 0.132. The summed E-state index contributed by atoms with van der Waals surface area (Å²) >= 11 is 20.3. The standard InChI is InChI=1S/C14H8Cl3N3O2S2/c15-7-1-3-8(4-2-7)23-6-11(21)18-14-20-19-13(22-14)9-5-10(16)24-12(9)17/h1-5H,6H2,(H,18,20,21). The highest BCUT2D eigenvalue weighted by molar-refractivity contribution is 8.00. The number of nitrogens with zero attached hydrogens (tertiary/aromatic N) is 2. The molecular weight excluding hydrogens is 413 g/mol. The molecule has 0 aliphatic carbocycles. The molecule has 24 heavy (non-hydrogen) atoms. The second kappa shape index (κ2) is 7.76.